The number of methoxy groups -OCH3 is 1. The highest BCUT2D eigenvalue weighted by Crippen LogP contribution is 2.38. The van der Waals surface area contributed by atoms with Crippen LogP contribution in [-0.4, -0.2) is 19.0 Å². The molecule has 0 radical (unpaired) electrons. The Balaban J connectivity index is 1.62. The Kier molecular flexibility index (Phi) is 7.41. The highest BCUT2D eigenvalue weighted by Gasteiger charge is 2.26. The van der Waals surface area contributed by atoms with Gasteiger partial charge < -0.3 is 14.2 Å². The maximum atomic E-state index is 12.4. The fourth-order valence-electron chi connectivity index (χ4n) is 3.23. The number of cyclic esters (lactones) is 1. The van der Waals surface area contributed by atoms with Crippen LogP contribution in [0, 0.1) is 10.5 Å². The summed E-state index contributed by atoms with van der Waals surface area (Å²) in [6, 6.07) is 17.1. The lowest BCUT2D eigenvalue weighted by Gasteiger charge is -2.14. The predicted molar refractivity (Wildman–Crippen MR) is 141 cm³/mol. The van der Waals surface area contributed by atoms with Crippen molar-refractivity contribution in [2.75, 3.05) is 7.11 Å². The second-order valence-corrected chi connectivity index (χ2v) is 9.72. The lowest BCUT2D eigenvalue weighted by atomic mass is 10.1. The Labute approximate surface area is 218 Å². The molecule has 1 heterocycles. The van der Waals surface area contributed by atoms with Gasteiger partial charge in [0, 0.05) is 3.57 Å². The van der Waals surface area contributed by atoms with Gasteiger partial charge in [-0.2, -0.15) is 0 Å². The van der Waals surface area contributed by atoms with Gasteiger partial charge in [0.2, 0.25) is 5.90 Å². The molecule has 0 amide bonds. The number of nitrogens with zero attached hydrogens (tertiary/aromatic N) is 1. The van der Waals surface area contributed by atoms with E-state index in [1.165, 1.54) is 0 Å². The zero-order valence-electron chi connectivity index (χ0n) is 17.7. The summed E-state index contributed by atoms with van der Waals surface area (Å²) < 4.78 is 18.6. The molecule has 0 fully saturated rings. The standard InChI is InChI=1S/C25H18BrClINO4/c1-14-5-3-4-6-16(14)13-32-23-19(26)9-15(11-22(23)31-2)10-21-25(30)33-24(29-21)18-12-17(28)7-8-20(18)27/h3-12H,13H2,1-2H3/b21-10-. The summed E-state index contributed by atoms with van der Waals surface area (Å²) in [7, 11) is 1.57. The number of aliphatic imine (C=N–C) groups is 1. The zero-order valence-corrected chi connectivity index (χ0v) is 22.2. The Morgan fingerprint density at radius 1 is 1.18 bits per heavy atom. The van der Waals surface area contributed by atoms with Crippen molar-refractivity contribution in [1.29, 1.82) is 0 Å². The SMILES string of the molecule is COc1cc(/C=C2\N=C(c3cc(I)ccc3Cl)OC2=O)cc(Br)c1OCc1ccccc1C. The van der Waals surface area contributed by atoms with E-state index >= 15 is 0 Å². The van der Waals surface area contributed by atoms with E-state index in [1.807, 2.05) is 49.4 Å². The van der Waals surface area contributed by atoms with Crippen LogP contribution in [0.3, 0.4) is 0 Å². The number of benzene rings is 3. The molecular weight excluding hydrogens is 621 g/mol. The van der Waals surface area contributed by atoms with Gasteiger partial charge in [-0.25, -0.2) is 9.79 Å². The van der Waals surface area contributed by atoms with E-state index in [0.717, 1.165) is 14.7 Å². The number of halogens is 3. The van der Waals surface area contributed by atoms with Crippen LogP contribution in [0.2, 0.25) is 5.02 Å². The van der Waals surface area contributed by atoms with E-state index in [2.05, 4.69) is 43.5 Å². The number of ether oxygens (including phenoxy) is 3. The summed E-state index contributed by atoms with van der Waals surface area (Å²) in [6.45, 7) is 2.44. The molecule has 0 bridgehead atoms. The molecule has 3 aromatic rings. The minimum atomic E-state index is -0.546. The summed E-state index contributed by atoms with van der Waals surface area (Å²) in [5.41, 5.74) is 3.67. The third-order valence-electron chi connectivity index (χ3n) is 4.97. The largest absolute Gasteiger partial charge is 0.493 e. The summed E-state index contributed by atoms with van der Waals surface area (Å²) in [5.74, 6) is 0.738. The van der Waals surface area contributed by atoms with E-state index in [-0.39, 0.29) is 11.6 Å². The monoisotopic (exact) mass is 637 g/mol. The smallest absolute Gasteiger partial charge is 0.363 e. The topological polar surface area (TPSA) is 57.1 Å². The number of carbonyl (C=O) groups is 1. The van der Waals surface area contributed by atoms with Crippen molar-refractivity contribution in [1.82, 2.24) is 0 Å². The number of esters is 1. The first-order chi connectivity index (χ1) is 15.9. The van der Waals surface area contributed by atoms with E-state index in [0.29, 0.717) is 38.7 Å². The quantitative estimate of drug-likeness (QED) is 0.167. The molecule has 0 saturated heterocycles. The number of aryl methyl sites for hydroxylation is 1. The van der Waals surface area contributed by atoms with Crippen LogP contribution in [-0.2, 0) is 16.1 Å². The van der Waals surface area contributed by atoms with Crippen molar-refractivity contribution in [3.05, 3.63) is 95.6 Å². The first-order valence-corrected chi connectivity index (χ1v) is 12.1. The first-order valence-electron chi connectivity index (χ1n) is 9.88. The van der Waals surface area contributed by atoms with Gasteiger partial charge in [-0.15, -0.1) is 0 Å². The summed E-state index contributed by atoms with van der Waals surface area (Å²) in [5, 5.41) is 0.461. The van der Waals surface area contributed by atoms with Crippen LogP contribution < -0.4 is 9.47 Å². The molecule has 0 saturated carbocycles. The van der Waals surface area contributed by atoms with Crippen molar-refractivity contribution >= 4 is 68.1 Å². The first kappa shape index (κ1) is 23.8. The maximum absolute atomic E-state index is 12.4. The molecule has 1 aliphatic heterocycles. The molecule has 5 nitrogen and oxygen atoms in total. The van der Waals surface area contributed by atoms with E-state index in [4.69, 9.17) is 25.8 Å². The Morgan fingerprint density at radius 2 is 1.97 bits per heavy atom. The van der Waals surface area contributed by atoms with Crippen molar-refractivity contribution in [2.24, 2.45) is 4.99 Å². The molecule has 3 aromatic carbocycles. The van der Waals surface area contributed by atoms with E-state index in [1.54, 1.807) is 25.3 Å². The molecule has 0 atom stereocenters. The van der Waals surface area contributed by atoms with Gasteiger partial charge in [-0.1, -0.05) is 35.9 Å². The lowest BCUT2D eigenvalue weighted by molar-refractivity contribution is -0.129. The van der Waals surface area contributed by atoms with Gasteiger partial charge >= 0.3 is 5.97 Å². The number of hydrogen-bond donors (Lipinski definition) is 0. The Morgan fingerprint density at radius 3 is 2.73 bits per heavy atom. The van der Waals surface area contributed by atoms with Gasteiger partial charge in [0.15, 0.2) is 17.2 Å². The average molecular weight is 639 g/mol. The van der Waals surface area contributed by atoms with Gasteiger partial charge in [-0.05, 0) is 98.5 Å². The van der Waals surface area contributed by atoms with Crippen LogP contribution >= 0.6 is 50.1 Å². The van der Waals surface area contributed by atoms with Gasteiger partial charge in [0.25, 0.3) is 0 Å². The molecule has 0 aromatic heterocycles. The van der Waals surface area contributed by atoms with Crippen molar-refractivity contribution < 1.29 is 19.0 Å². The van der Waals surface area contributed by atoms with Gasteiger partial charge in [-0.3, -0.25) is 0 Å². The average Bonchev–Trinajstić information content (AvgIpc) is 3.15. The van der Waals surface area contributed by atoms with Crippen LogP contribution in [0.4, 0.5) is 0 Å². The minimum absolute atomic E-state index is 0.169. The predicted octanol–water partition coefficient (Wildman–Crippen LogP) is 6.95. The van der Waals surface area contributed by atoms with Crippen molar-refractivity contribution in [2.45, 2.75) is 13.5 Å². The normalized spacial score (nSPS) is 14.3. The minimum Gasteiger partial charge on any atom is -0.493 e. The fraction of sp³-hybridized carbons (Fsp3) is 0.120. The molecule has 33 heavy (non-hydrogen) atoms. The van der Waals surface area contributed by atoms with Crippen LogP contribution in [0.25, 0.3) is 6.08 Å². The van der Waals surface area contributed by atoms with Gasteiger partial charge in [0.1, 0.15) is 6.61 Å². The second kappa shape index (κ2) is 10.3. The Bertz CT molecular complexity index is 1310. The van der Waals surface area contributed by atoms with Crippen molar-refractivity contribution in [3.8, 4) is 11.5 Å². The third kappa shape index (κ3) is 5.42. The van der Waals surface area contributed by atoms with E-state index < -0.39 is 5.97 Å². The second-order valence-electron chi connectivity index (χ2n) is 7.21. The molecule has 1 aliphatic rings. The van der Waals surface area contributed by atoms with Crippen LogP contribution in [0.5, 0.6) is 11.5 Å². The Hall–Kier alpha value is -2.36. The van der Waals surface area contributed by atoms with E-state index in [9.17, 15) is 4.79 Å². The number of rotatable bonds is 6. The summed E-state index contributed by atoms with van der Waals surface area (Å²) in [4.78, 5) is 16.8. The van der Waals surface area contributed by atoms with Crippen molar-refractivity contribution in [3.63, 3.8) is 0 Å². The van der Waals surface area contributed by atoms with Crippen LogP contribution in [0.15, 0.2) is 69.8 Å². The zero-order chi connectivity index (χ0) is 23.5. The summed E-state index contributed by atoms with van der Waals surface area (Å²) in [6.07, 6.45) is 1.63. The van der Waals surface area contributed by atoms with Crippen LogP contribution in [0.1, 0.15) is 22.3 Å². The lowest BCUT2D eigenvalue weighted by Crippen LogP contribution is -2.06. The fourth-order valence-corrected chi connectivity index (χ4v) is 4.49. The molecule has 0 aliphatic carbocycles. The number of hydrogen-bond acceptors (Lipinski definition) is 5. The molecular formula is C25H18BrClINO4. The molecule has 0 spiro atoms. The number of carbonyl (C=O) groups excluding carboxylic acids is 1. The molecule has 8 heteroatoms. The summed E-state index contributed by atoms with van der Waals surface area (Å²) >= 11 is 12.0. The molecule has 0 unspecified atom stereocenters. The van der Waals surface area contributed by atoms with Gasteiger partial charge in [0.05, 0.1) is 22.2 Å². The molecule has 168 valence electrons. The molecule has 0 N–H and O–H groups in total. The highest BCUT2D eigenvalue weighted by atomic mass is 127. The highest BCUT2D eigenvalue weighted by molar-refractivity contribution is 14.1. The molecule has 4 rings (SSSR count). The maximum Gasteiger partial charge on any atom is 0.363 e. The third-order valence-corrected chi connectivity index (χ3v) is 6.56.